The van der Waals surface area contributed by atoms with Crippen LogP contribution >= 0.6 is 0 Å². The summed E-state index contributed by atoms with van der Waals surface area (Å²) >= 11 is 0. The minimum absolute atomic E-state index is 0.0186. The second kappa shape index (κ2) is 10.1. The van der Waals surface area contributed by atoms with Crippen molar-refractivity contribution >= 4 is 23.4 Å². The van der Waals surface area contributed by atoms with Crippen molar-refractivity contribution in [3.8, 4) is 0 Å². The molecule has 0 saturated heterocycles. The number of carbonyl (C=O) groups is 3. The summed E-state index contributed by atoms with van der Waals surface area (Å²) in [6.45, 7) is 4.48. The fourth-order valence-electron chi connectivity index (χ4n) is 3.72. The Kier molecular flexibility index (Phi) is 7.22. The van der Waals surface area contributed by atoms with Crippen LogP contribution in [0.15, 0.2) is 48.5 Å². The van der Waals surface area contributed by atoms with Crippen LogP contribution in [0.1, 0.15) is 54.1 Å². The molecule has 0 unspecified atom stereocenters. The quantitative estimate of drug-likeness (QED) is 0.663. The monoisotopic (exact) mass is 407 g/mol. The van der Waals surface area contributed by atoms with E-state index in [-0.39, 0.29) is 11.9 Å². The molecule has 0 spiro atoms. The zero-order valence-electron chi connectivity index (χ0n) is 17.5. The molecular weight excluding hydrogens is 378 g/mol. The molecular formula is C24H29N3O3. The van der Waals surface area contributed by atoms with Gasteiger partial charge in [-0.05, 0) is 43.4 Å². The Balaban J connectivity index is 1.61. The molecule has 0 radical (unpaired) electrons. The topological polar surface area (TPSA) is 87.3 Å². The Morgan fingerprint density at radius 3 is 2.37 bits per heavy atom. The predicted molar refractivity (Wildman–Crippen MR) is 117 cm³/mol. The molecule has 6 nitrogen and oxygen atoms in total. The van der Waals surface area contributed by atoms with Crippen LogP contribution in [0.4, 0.5) is 5.69 Å². The third kappa shape index (κ3) is 5.69. The van der Waals surface area contributed by atoms with Crippen molar-refractivity contribution in [3.05, 3.63) is 65.2 Å². The van der Waals surface area contributed by atoms with E-state index in [1.54, 1.807) is 24.3 Å². The zero-order chi connectivity index (χ0) is 21.5. The summed E-state index contributed by atoms with van der Waals surface area (Å²) in [4.78, 5) is 37.4. The Hall–Kier alpha value is -3.15. The molecule has 3 rings (SSSR count). The minimum atomic E-state index is -0.758. The number of nitrogens with one attached hydrogen (secondary N) is 3. The van der Waals surface area contributed by atoms with Gasteiger partial charge in [0.1, 0.15) is 0 Å². The Morgan fingerprint density at radius 2 is 1.63 bits per heavy atom. The van der Waals surface area contributed by atoms with Crippen molar-refractivity contribution in [3.63, 3.8) is 0 Å². The van der Waals surface area contributed by atoms with Gasteiger partial charge < -0.3 is 16.0 Å². The zero-order valence-corrected chi connectivity index (χ0v) is 17.5. The molecule has 2 aromatic carbocycles. The lowest BCUT2D eigenvalue weighted by Gasteiger charge is -2.29. The minimum Gasteiger partial charge on any atom is -0.348 e. The van der Waals surface area contributed by atoms with Gasteiger partial charge in [0.05, 0.1) is 11.3 Å². The molecule has 2 aromatic rings. The maximum Gasteiger partial charge on any atom is 0.313 e. The molecule has 2 atom stereocenters. The van der Waals surface area contributed by atoms with E-state index in [0.29, 0.717) is 23.7 Å². The lowest BCUT2D eigenvalue weighted by Crippen LogP contribution is -2.46. The second-order valence-electron chi connectivity index (χ2n) is 8.01. The summed E-state index contributed by atoms with van der Waals surface area (Å²) in [5.41, 5.74) is 2.77. The molecule has 158 valence electrons. The number of rotatable bonds is 5. The number of hydrogen-bond acceptors (Lipinski definition) is 3. The van der Waals surface area contributed by atoms with E-state index >= 15 is 0 Å². The first-order valence-electron chi connectivity index (χ1n) is 10.5. The number of para-hydroxylation sites is 1. The van der Waals surface area contributed by atoms with Crippen molar-refractivity contribution in [2.24, 2.45) is 5.92 Å². The van der Waals surface area contributed by atoms with Crippen molar-refractivity contribution in [2.75, 3.05) is 5.32 Å². The second-order valence-corrected chi connectivity index (χ2v) is 8.01. The number of carbonyl (C=O) groups excluding carboxylic acids is 3. The molecule has 1 aliphatic carbocycles. The maximum absolute atomic E-state index is 12.7. The molecule has 1 aliphatic rings. The molecule has 30 heavy (non-hydrogen) atoms. The molecule has 1 saturated carbocycles. The first-order valence-corrected chi connectivity index (χ1v) is 10.5. The highest BCUT2D eigenvalue weighted by Gasteiger charge is 2.26. The summed E-state index contributed by atoms with van der Waals surface area (Å²) in [5.74, 6) is -1.38. The van der Waals surface area contributed by atoms with Gasteiger partial charge in [0.2, 0.25) is 0 Å². The van der Waals surface area contributed by atoms with Gasteiger partial charge in [0.15, 0.2) is 0 Å². The SMILES string of the molecule is Cc1ccc(CNC(=O)c2ccccc2NC(=O)C(=O)N[C@@H]2CCCC[C@@H]2C)cc1. The van der Waals surface area contributed by atoms with Gasteiger partial charge in [-0.15, -0.1) is 0 Å². The van der Waals surface area contributed by atoms with Crippen LogP contribution in [-0.4, -0.2) is 23.8 Å². The van der Waals surface area contributed by atoms with Crippen LogP contribution in [-0.2, 0) is 16.1 Å². The number of anilines is 1. The van der Waals surface area contributed by atoms with E-state index in [0.717, 1.165) is 36.8 Å². The molecule has 3 amide bonds. The van der Waals surface area contributed by atoms with Crippen LogP contribution in [0.3, 0.4) is 0 Å². The van der Waals surface area contributed by atoms with Crippen molar-refractivity contribution < 1.29 is 14.4 Å². The van der Waals surface area contributed by atoms with Gasteiger partial charge in [-0.2, -0.15) is 0 Å². The molecule has 0 heterocycles. The summed E-state index contributed by atoms with van der Waals surface area (Å²) in [6, 6.07) is 14.6. The van der Waals surface area contributed by atoms with Crippen LogP contribution in [0.25, 0.3) is 0 Å². The Morgan fingerprint density at radius 1 is 0.933 bits per heavy atom. The molecule has 0 aromatic heterocycles. The molecule has 0 bridgehead atoms. The predicted octanol–water partition coefficient (Wildman–Crippen LogP) is 3.56. The van der Waals surface area contributed by atoms with Crippen molar-refractivity contribution in [1.82, 2.24) is 10.6 Å². The van der Waals surface area contributed by atoms with Crippen LogP contribution in [0, 0.1) is 12.8 Å². The Bertz CT molecular complexity index is 908. The standard InChI is InChI=1S/C24H29N3O3/c1-16-11-13-18(14-12-16)15-25-22(28)19-8-4-6-10-21(19)27-24(30)23(29)26-20-9-5-3-7-17(20)2/h4,6,8,10-14,17,20H,3,5,7,9,15H2,1-2H3,(H,25,28)(H,26,29)(H,27,30)/t17-,20+/m0/s1. The highest BCUT2D eigenvalue weighted by molar-refractivity contribution is 6.40. The van der Waals surface area contributed by atoms with Crippen molar-refractivity contribution in [1.29, 1.82) is 0 Å². The normalized spacial score (nSPS) is 18.3. The van der Waals surface area contributed by atoms with E-state index in [9.17, 15) is 14.4 Å². The fourth-order valence-corrected chi connectivity index (χ4v) is 3.72. The first-order chi connectivity index (χ1) is 14.4. The summed E-state index contributed by atoms with van der Waals surface area (Å²) in [7, 11) is 0. The van der Waals surface area contributed by atoms with E-state index < -0.39 is 11.8 Å². The van der Waals surface area contributed by atoms with Gasteiger partial charge in [-0.25, -0.2) is 0 Å². The summed E-state index contributed by atoms with van der Waals surface area (Å²) in [6.07, 6.45) is 4.15. The molecule has 1 fully saturated rings. The third-order valence-corrected chi connectivity index (χ3v) is 5.63. The molecule has 6 heteroatoms. The largest absolute Gasteiger partial charge is 0.348 e. The number of benzene rings is 2. The van der Waals surface area contributed by atoms with Crippen LogP contribution < -0.4 is 16.0 Å². The van der Waals surface area contributed by atoms with Crippen LogP contribution in [0.2, 0.25) is 0 Å². The maximum atomic E-state index is 12.7. The van der Waals surface area contributed by atoms with Gasteiger partial charge in [0, 0.05) is 12.6 Å². The smallest absolute Gasteiger partial charge is 0.313 e. The van der Waals surface area contributed by atoms with Gasteiger partial charge in [-0.3, -0.25) is 14.4 Å². The van der Waals surface area contributed by atoms with Gasteiger partial charge in [0.25, 0.3) is 5.91 Å². The van der Waals surface area contributed by atoms with Crippen LogP contribution in [0.5, 0.6) is 0 Å². The highest BCUT2D eigenvalue weighted by Crippen LogP contribution is 2.23. The summed E-state index contributed by atoms with van der Waals surface area (Å²) in [5, 5.41) is 8.28. The van der Waals surface area contributed by atoms with Gasteiger partial charge >= 0.3 is 11.8 Å². The third-order valence-electron chi connectivity index (χ3n) is 5.63. The fraction of sp³-hybridized carbons (Fsp3) is 0.375. The lowest BCUT2D eigenvalue weighted by molar-refractivity contribution is -0.137. The van der Waals surface area contributed by atoms with E-state index in [1.165, 1.54) is 0 Å². The van der Waals surface area contributed by atoms with Crippen molar-refractivity contribution in [2.45, 2.75) is 52.1 Å². The molecule has 3 N–H and O–H groups in total. The average Bonchev–Trinajstić information content (AvgIpc) is 2.75. The number of amides is 3. The Labute approximate surface area is 177 Å². The van der Waals surface area contributed by atoms with Gasteiger partial charge in [-0.1, -0.05) is 61.7 Å². The van der Waals surface area contributed by atoms with E-state index in [4.69, 9.17) is 0 Å². The first kappa shape index (κ1) is 21.6. The lowest BCUT2D eigenvalue weighted by atomic mass is 9.86. The van der Waals surface area contributed by atoms with E-state index in [2.05, 4.69) is 22.9 Å². The molecule has 0 aliphatic heterocycles. The number of aryl methyl sites for hydroxylation is 1. The van der Waals surface area contributed by atoms with E-state index in [1.807, 2.05) is 31.2 Å². The number of hydrogen-bond donors (Lipinski definition) is 3. The highest BCUT2D eigenvalue weighted by atomic mass is 16.2. The summed E-state index contributed by atoms with van der Waals surface area (Å²) < 4.78 is 0. The average molecular weight is 408 g/mol.